The van der Waals surface area contributed by atoms with Crippen LogP contribution in [-0.2, 0) is 10.0 Å². The van der Waals surface area contributed by atoms with E-state index in [4.69, 9.17) is 4.52 Å². The van der Waals surface area contributed by atoms with Crippen molar-refractivity contribution < 1.29 is 12.9 Å². The molecule has 1 saturated heterocycles. The second kappa shape index (κ2) is 8.64. The van der Waals surface area contributed by atoms with Crippen LogP contribution in [0.1, 0.15) is 24.7 Å². The molecule has 1 aliphatic heterocycles. The smallest absolute Gasteiger partial charge is 0.243 e. The fraction of sp³-hybridized carbons (Fsp3) is 0.208. The lowest BCUT2D eigenvalue weighted by Gasteiger charge is -2.30. The molecule has 162 valence electrons. The quantitative estimate of drug-likeness (QED) is 0.452. The van der Waals surface area contributed by atoms with Crippen molar-refractivity contribution >= 4 is 10.0 Å². The number of piperidine rings is 1. The molecule has 5 rings (SSSR count). The number of rotatable bonds is 5. The summed E-state index contributed by atoms with van der Waals surface area (Å²) in [4.78, 5) is 8.80. The topological polar surface area (TPSA) is 89.2 Å². The SMILES string of the molecule is O=S(=O)(c1ccc(-c2ccccc2)cc1)N1CCC[C@@H](c2nc(-c3ccncc3)no2)C1. The van der Waals surface area contributed by atoms with Crippen molar-refractivity contribution in [2.45, 2.75) is 23.7 Å². The van der Waals surface area contributed by atoms with E-state index in [1.165, 1.54) is 4.31 Å². The van der Waals surface area contributed by atoms with Gasteiger partial charge >= 0.3 is 0 Å². The molecule has 7 nitrogen and oxygen atoms in total. The Morgan fingerprint density at radius 2 is 1.59 bits per heavy atom. The van der Waals surface area contributed by atoms with Gasteiger partial charge in [-0.2, -0.15) is 9.29 Å². The summed E-state index contributed by atoms with van der Waals surface area (Å²) in [5, 5.41) is 4.06. The number of aromatic nitrogens is 3. The molecule has 2 aromatic heterocycles. The van der Waals surface area contributed by atoms with E-state index in [-0.39, 0.29) is 5.92 Å². The van der Waals surface area contributed by atoms with E-state index in [9.17, 15) is 8.42 Å². The van der Waals surface area contributed by atoms with Gasteiger partial charge in [-0.05, 0) is 48.2 Å². The van der Waals surface area contributed by atoms with Gasteiger partial charge in [-0.25, -0.2) is 8.42 Å². The molecular formula is C24H22N4O3S. The molecule has 0 unspecified atom stereocenters. The zero-order chi connectivity index (χ0) is 22.0. The Kier molecular flexibility index (Phi) is 5.55. The van der Waals surface area contributed by atoms with Crippen LogP contribution in [0.4, 0.5) is 0 Å². The summed E-state index contributed by atoms with van der Waals surface area (Å²) in [7, 11) is -3.61. The van der Waals surface area contributed by atoms with E-state index in [1.807, 2.05) is 54.6 Å². The molecule has 4 aromatic rings. The van der Waals surface area contributed by atoms with Crippen molar-refractivity contribution in [1.29, 1.82) is 0 Å². The van der Waals surface area contributed by atoms with Crippen LogP contribution in [-0.4, -0.2) is 40.9 Å². The lowest BCUT2D eigenvalue weighted by Crippen LogP contribution is -2.39. The lowest BCUT2D eigenvalue weighted by molar-refractivity contribution is 0.265. The average molecular weight is 447 g/mol. The van der Waals surface area contributed by atoms with Gasteiger partial charge < -0.3 is 4.52 Å². The van der Waals surface area contributed by atoms with Gasteiger partial charge in [0, 0.05) is 31.0 Å². The Balaban J connectivity index is 1.34. The van der Waals surface area contributed by atoms with E-state index < -0.39 is 10.0 Å². The molecule has 0 N–H and O–H groups in total. The molecule has 0 aliphatic carbocycles. The van der Waals surface area contributed by atoms with Crippen LogP contribution in [0.25, 0.3) is 22.5 Å². The zero-order valence-corrected chi connectivity index (χ0v) is 18.1. The van der Waals surface area contributed by atoms with Crippen LogP contribution in [0.3, 0.4) is 0 Å². The molecular weight excluding hydrogens is 424 g/mol. The summed E-state index contributed by atoms with van der Waals surface area (Å²) in [6, 6.07) is 20.6. The molecule has 0 amide bonds. The Hall–Kier alpha value is -3.36. The summed E-state index contributed by atoms with van der Waals surface area (Å²) < 4.78 is 33.6. The summed E-state index contributed by atoms with van der Waals surface area (Å²) in [6.45, 7) is 0.797. The van der Waals surface area contributed by atoms with Crippen LogP contribution in [0, 0.1) is 0 Å². The first kappa shape index (κ1) is 20.5. The third kappa shape index (κ3) is 4.06. The van der Waals surface area contributed by atoms with Crippen molar-refractivity contribution in [2.24, 2.45) is 0 Å². The van der Waals surface area contributed by atoms with Crippen LogP contribution >= 0.6 is 0 Å². The average Bonchev–Trinajstić information content (AvgIpc) is 3.36. The molecule has 32 heavy (non-hydrogen) atoms. The Morgan fingerprint density at radius 1 is 0.875 bits per heavy atom. The monoisotopic (exact) mass is 446 g/mol. The maximum Gasteiger partial charge on any atom is 0.243 e. The number of nitrogens with zero attached hydrogens (tertiary/aromatic N) is 4. The summed E-state index contributed by atoms with van der Waals surface area (Å²) in [5.41, 5.74) is 2.85. The highest BCUT2D eigenvalue weighted by Crippen LogP contribution is 2.31. The molecule has 0 saturated carbocycles. The first-order valence-electron chi connectivity index (χ1n) is 10.5. The van der Waals surface area contributed by atoms with E-state index >= 15 is 0 Å². The highest BCUT2D eigenvalue weighted by atomic mass is 32.2. The zero-order valence-electron chi connectivity index (χ0n) is 17.3. The first-order valence-corrected chi connectivity index (χ1v) is 11.9. The fourth-order valence-electron chi connectivity index (χ4n) is 3.98. The second-order valence-electron chi connectivity index (χ2n) is 7.78. The number of pyridine rings is 1. The summed E-state index contributed by atoms with van der Waals surface area (Å²) in [6.07, 6.45) is 4.88. The molecule has 1 aliphatic rings. The molecule has 0 bridgehead atoms. The van der Waals surface area contributed by atoms with Gasteiger partial charge in [-0.3, -0.25) is 4.98 Å². The van der Waals surface area contributed by atoms with Gasteiger partial charge in [0.15, 0.2) is 0 Å². The minimum absolute atomic E-state index is 0.134. The Labute approximate surface area is 186 Å². The standard InChI is InChI=1S/C24H22N4O3S/c29-32(30,22-10-8-19(9-11-22)18-5-2-1-3-6-18)28-16-4-7-21(17-28)24-26-23(27-31-24)20-12-14-25-15-13-20/h1-3,5-6,8-15,21H,4,7,16-17H2/t21-/m1/s1. The minimum Gasteiger partial charge on any atom is -0.339 e. The predicted octanol–water partition coefficient (Wildman–Crippen LogP) is 4.37. The highest BCUT2D eigenvalue weighted by Gasteiger charge is 2.33. The first-order chi connectivity index (χ1) is 15.6. The number of sulfonamides is 1. The van der Waals surface area contributed by atoms with Crippen molar-refractivity contribution in [2.75, 3.05) is 13.1 Å². The van der Waals surface area contributed by atoms with Crippen LogP contribution < -0.4 is 0 Å². The van der Waals surface area contributed by atoms with Gasteiger partial charge in [0.25, 0.3) is 0 Å². The van der Waals surface area contributed by atoms with E-state index in [1.54, 1.807) is 24.5 Å². The molecule has 1 fully saturated rings. The third-order valence-corrected chi connectivity index (χ3v) is 7.59. The van der Waals surface area contributed by atoms with Gasteiger partial charge in [-0.1, -0.05) is 47.6 Å². The number of hydrogen-bond donors (Lipinski definition) is 0. The Morgan fingerprint density at radius 3 is 2.34 bits per heavy atom. The Bertz CT molecular complexity index is 1290. The van der Waals surface area contributed by atoms with Crippen LogP contribution in [0.2, 0.25) is 0 Å². The van der Waals surface area contributed by atoms with Crippen molar-refractivity contribution in [3.05, 3.63) is 85.0 Å². The lowest BCUT2D eigenvalue weighted by atomic mass is 10.00. The molecule has 3 heterocycles. The number of benzene rings is 2. The molecule has 2 aromatic carbocycles. The van der Waals surface area contributed by atoms with Crippen LogP contribution in [0.5, 0.6) is 0 Å². The van der Waals surface area contributed by atoms with Gasteiger partial charge in [0.05, 0.1) is 10.8 Å². The van der Waals surface area contributed by atoms with Crippen LogP contribution in [0.15, 0.2) is 88.5 Å². The van der Waals surface area contributed by atoms with Gasteiger partial charge in [0.2, 0.25) is 21.7 Å². The van der Waals surface area contributed by atoms with Crippen molar-refractivity contribution in [3.8, 4) is 22.5 Å². The van der Waals surface area contributed by atoms with E-state index in [0.717, 1.165) is 29.5 Å². The number of hydrogen-bond acceptors (Lipinski definition) is 6. The molecule has 0 radical (unpaired) electrons. The minimum atomic E-state index is -3.61. The van der Waals surface area contributed by atoms with Gasteiger partial charge in [0.1, 0.15) is 0 Å². The van der Waals surface area contributed by atoms with Crippen molar-refractivity contribution in [3.63, 3.8) is 0 Å². The van der Waals surface area contributed by atoms with Crippen molar-refractivity contribution in [1.82, 2.24) is 19.4 Å². The second-order valence-corrected chi connectivity index (χ2v) is 9.72. The largest absolute Gasteiger partial charge is 0.339 e. The molecule has 8 heteroatoms. The maximum atomic E-state index is 13.3. The third-order valence-electron chi connectivity index (χ3n) is 5.71. The molecule has 1 atom stereocenters. The molecule has 0 spiro atoms. The summed E-state index contributed by atoms with van der Waals surface area (Å²) >= 11 is 0. The van der Waals surface area contributed by atoms with E-state index in [2.05, 4.69) is 15.1 Å². The maximum absolute atomic E-state index is 13.3. The van der Waals surface area contributed by atoms with E-state index in [0.29, 0.717) is 29.7 Å². The fourth-order valence-corrected chi connectivity index (χ4v) is 5.50. The highest BCUT2D eigenvalue weighted by molar-refractivity contribution is 7.89. The predicted molar refractivity (Wildman–Crippen MR) is 120 cm³/mol. The normalized spacial score (nSPS) is 17.3. The summed E-state index contributed by atoms with van der Waals surface area (Å²) in [5.74, 6) is 0.820. The van der Waals surface area contributed by atoms with Gasteiger partial charge in [-0.15, -0.1) is 0 Å².